The van der Waals surface area contributed by atoms with Gasteiger partial charge in [-0.25, -0.2) is 4.39 Å². The number of nitrogens with zero attached hydrogens (tertiary/aromatic N) is 1. The van der Waals surface area contributed by atoms with Crippen molar-refractivity contribution in [3.05, 3.63) is 107 Å². The van der Waals surface area contributed by atoms with Crippen molar-refractivity contribution in [2.24, 2.45) is 0 Å². The minimum Gasteiger partial charge on any atom is -0.352 e. The molecule has 0 aliphatic carbocycles. The molecule has 5 heteroatoms. The topological polar surface area (TPSA) is 49.4 Å². The van der Waals surface area contributed by atoms with Gasteiger partial charge in [0.25, 0.3) is 0 Å². The molecule has 0 saturated carbocycles. The van der Waals surface area contributed by atoms with Gasteiger partial charge in [0.2, 0.25) is 11.8 Å². The highest BCUT2D eigenvalue weighted by Gasteiger charge is 2.30. The first kappa shape index (κ1) is 24.2. The molecule has 0 aliphatic heterocycles. The third kappa shape index (κ3) is 7.28. The third-order valence-corrected chi connectivity index (χ3v) is 5.74. The molecule has 172 valence electrons. The molecule has 0 heterocycles. The maximum Gasteiger partial charge on any atom is 0.243 e. The van der Waals surface area contributed by atoms with Crippen LogP contribution in [0.25, 0.3) is 0 Å². The molecule has 0 radical (unpaired) electrons. The van der Waals surface area contributed by atoms with E-state index in [-0.39, 0.29) is 30.1 Å². The largest absolute Gasteiger partial charge is 0.352 e. The van der Waals surface area contributed by atoms with Crippen molar-refractivity contribution < 1.29 is 14.0 Å². The van der Waals surface area contributed by atoms with Gasteiger partial charge in [-0.2, -0.15) is 0 Å². The molecule has 2 amide bonds. The van der Waals surface area contributed by atoms with Crippen molar-refractivity contribution in [2.45, 2.75) is 51.7 Å². The molecule has 4 nitrogen and oxygen atoms in total. The zero-order valence-corrected chi connectivity index (χ0v) is 19.2. The first-order valence-electron chi connectivity index (χ1n) is 11.4. The van der Waals surface area contributed by atoms with Crippen molar-refractivity contribution >= 4 is 11.8 Å². The van der Waals surface area contributed by atoms with Crippen LogP contribution in [0.15, 0.2) is 84.9 Å². The Morgan fingerprint density at radius 1 is 0.848 bits per heavy atom. The van der Waals surface area contributed by atoms with Crippen molar-refractivity contribution in [3.8, 4) is 0 Å². The molecule has 2 atom stereocenters. The van der Waals surface area contributed by atoms with E-state index in [4.69, 9.17) is 0 Å². The van der Waals surface area contributed by atoms with E-state index in [9.17, 15) is 14.0 Å². The lowest BCUT2D eigenvalue weighted by Crippen LogP contribution is -2.52. The van der Waals surface area contributed by atoms with Crippen LogP contribution in [-0.4, -0.2) is 28.8 Å². The minimum atomic E-state index is -0.672. The fourth-order valence-corrected chi connectivity index (χ4v) is 3.65. The summed E-state index contributed by atoms with van der Waals surface area (Å²) in [5.74, 6) is -0.690. The molecule has 33 heavy (non-hydrogen) atoms. The quantitative estimate of drug-likeness (QED) is 0.480. The Morgan fingerprint density at radius 3 is 2.00 bits per heavy atom. The lowest BCUT2D eigenvalue weighted by atomic mass is 10.0. The van der Waals surface area contributed by atoms with E-state index in [2.05, 4.69) is 5.32 Å². The Kier molecular flexibility index (Phi) is 8.76. The molecule has 3 aromatic carbocycles. The predicted molar refractivity (Wildman–Crippen MR) is 129 cm³/mol. The number of hydrogen-bond donors (Lipinski definition) is 1. The van der Waals surface area contributed by atoms with Crippen LogP contribution in [0.3, 0.4) is 0 Å². The van der Waals surface area contributed by atoms with Gasteiger partial charge in [0.1, 0.15) is 11.9 Å². The first-order chi connectivity index (χ1) is 16.0. The van der Waals surface area contributed by atoms with E-state index < -0.39 is 6.04 Å². The van der Waals surface area contributed by atoms with Crippen LogP contribution in [0.2, 0.25) is 0 Å². The van der Waals surface area contributed by atoms with Crippen LogP contribution in [0.1, 0.15) is 37.0 Å². The Hall–Kier alpha value is -3.47. The second kappa shape index (κ2) is 12.0. The third-order valence-electron chi connectivity index (χ3n) is 5.74. The van der Waals surface area contributed by atoms with Gasteiger partial charge in [-0.3, -0.25) is 9.59 Å². The second-order valence-electron chi connectivity index (χ2n) is 8.33. The second-order valence-corrected chi connectivity index (χ2v) is 8.33. The summed E-state index contributed by atoms with van der Waals surface area (Å²) < 4.78 is 13.4. The Morgan fingerprint density at radius 2 is 1.42 bits per heavy atom. The zero-order chi connectivity index (χ0) is 23.6. The van der Waals surface area contributed by atoms with Gasteiger partial charge in [0.05, 0.1) is 6.42 Å². The van der Waals surface area contributed by atoms with Gasteiger partial charge >= 0.3 is 0 Å². The number of rotatable bonds is 10. The maximum atomic E-state index is 13.5. The summed E-state index contributed by atoms with van der Waals surface area (Å²) in [5, 5.41) is 3.06. The van der Waals surface area contributed by atoms with Gasteiger partial charge in [0, 0.05) is 19.0 Å². The summed E-state index contributed by atoms with van der Waals surface area (Å²) in [4.78, 5) is 28.6. The van der Waals surface area contributed by atoms with Crippen LogP contribution >= 0.6 is 0 Å². The Balaban J connectivity index is 1.94. The van der Waals surface area contributed by atoms with Crippen LogP contribution in [0.4, 0.5) is 4.39 Å². The lowest BCUT2D eigenvalue weighted by Gasteiger charge is -2.32. The maximum absolute atomic E-state index is 13.5. The smallest absolute Gasteiger partial charge is 0.243 e. The van der Waals surface area contributed by atoms with Crippen molar-refractivity contribution in [1.29, 1.82) is 0 Å². The summed E-state index contributed by atoms with van der Waals surface area (Å²) in [6.45, 7) is 4.28. The average Bonchev–Trinajstić information content (AvgIpc) is 2.83. The van der Waals surface area contributed by atoms with E-state index in [1.165, 1.54) is 12.1 Å². The number of hydrogen-bond acceptors (Lipinski definition) is 2. The fourth-order valence-electron chi connectivity index (χ4n) is 3.65. The highest BCUT2D eigenvalue weighted by molar-refractivity contribution is 5.89. The highest BCUT2D eigenvalue weighted by Crippen LogP contribution is 2.17. The number of nitrogens with one attached hydrogen (secondary N) is 1. The number of benzene rings is 3. The molecule has 3 aromatic rings. The number of carbonyl (C=O) groups excluding carboxylic acids is 2. The number of carbonyl (C=O) groups is 2. The molecule has 1 N–H and O–H groups in total. The monoisotopic (exact) mass is 446 g/mol. The van der Waals surface area contributed by atoms with Crippen LogP contribution < -0.4 is 5.32 Å². The van der Waals surface area contributed by atoms with E-state index in [0.29, 0.717) is 18.5 Å². The standard InChI is InChI=1S/C28H31FN2O2/c1-3-21(2)30-28(33)26(18-22-10-6-4-7-11-22)31(20-24-12-8-5-9-13-24)27(32)19-23-14-16-25(29)17-15-23/h4-17,21,26H,3,18-20H2,1-2H3,(H,30,33). The molecule has 2 unspecified atom stereocenters. The minimum absolute atomic E-state index is 0.00143. The molecule has 0 saturated heterocycles. The number of halogens is 1. The molecule has 0 aromatic heterocycles. The summed E-state index contributed by atoms with van der Waals surface area (Å²) in [6.07, 6.45) is 1.30. The molecule has 0 aliphatic rings. The SMILES string of the molecule is CCC(C)NC(=O)C(Cc1ccccc1)N(Cc1ccccc1)C(=O)Cc1ccc(F)cc1. The van der Waals surface area contributed by atoms with Crippen molar-refractivity contribution in [2.75, 3.05) is 0 Å². The van der Waals surface area contributed by atoms with Gasteiger partial charge in [-0.15, -0.1) is 0 Å². The normalized spacial score (nSPS) is 12.6. The van der Waals surface area contributed by atoms with Crippen LogP contribution in [-0.2, 0) is 29.0 Å². The van der Waals surface area contributed by atoms with Crippen LogP contribution in [0.5, 0.6) is 0 Å². The highest BCUT2D eigenvalue weighted by atomic mass is 19.1. The molecule has 0 spiro atoms. The first-order valence-corrected chi connectivity index (χ1v) is 11.4. The van der Waals surface area contributed by atoms with Crippen molar-refractivity contribution in [1.82, 2.24) is 10.2 Å². The van der Waals surface area contributed by atoms with Crippen molar-refractivity contribution in [3.63, 3.8) is 0 Å². The molecule has 3 rings (SSSR count). The molecular formula is C28H31FN2O2. The average molecular weight is 447 g/mol. The molecule has 0 fully saturated rings. The number of amides is 2. The summed E-state index contributed by atoms with van der Waals surface area (Å²) in [5.41, 5.74) is 2.63. The summed E-state index contributed by atoms with van der Waals surface area (Å²) in [7, 11) is 0. The summed E-state index contributed by atoms with van der Waals surface area (Å²) >= 11 is 0. The Bertz CT molecular complexity index is 1020. The molecule has 0 bridgehead atoms. The lowest BCUT2D eigenvalue weighted by molar-refractivity contribution is -0.141. The van der Waals surface area contributed by atoms with Gasteiger partial charge in [0.15, 0.2) is 0 Å². The predicted octanol–water partition coefficient (Wildman–Crippen LogP) is 4.92. The Labute approximate surface area is 195 Å². The van der Waals surface area contributed by atoms with Gasteiger partial charge in [-0.1, -0.05) is 79.7 Å². The van der Waals surface area contributed by atoms with E-state index >= 15 is 0 Å². The fraction of sp³-hybridized carbons (Fsp3) is 0.286. The summed E-state index contributed by atoms with van der Waals surface area (Å²) in [6, 6.07) is 24.6. The van der Waals surface area contributed by atoms with Gasteiger partial charge < -0.3 is 10.2 Å². The van der Waals surface area contributed by atoms with E-state index in [0.717, 1.165) is 17.5 Å². The zero-order valence-electron chi connectivity index (χ0n) is 19.2. The van der Waals surface area contributed by atoms with Crippen LogP contribution in [0, 0.1) is 5.82 Å². The van der Waals surface area contributed by atoms with E-state index in [1.54, 1.807) is 17.0 Å². The van der Waals surface area contributed by atoms with Gasteiger partial charge in [-0.05, 0) is 42.2 Å². The molecular weight excluding hydrogens is 415 g/mol. The van der Waals surface area contributed by atoms with E-state index in [1.807, 2.05) is 74.5 Å².